The lowest BCUT2D eigenvalue weighted by Crippen LogP contribution is -2.58. The van der Waals surface area contributed by atoms with Crippen molar-refractivity contribution in [1.29, 1.82) is 0 Å². The molecule has 5 N–H and O–H groups in total. The summed E-state index contributed by atoms with van der Waals surface area (Å²) in [5, 5.41) is 27.3. The fraction of sp³-hybridized carbons (Fsp3) is 0.551. The molecule has 1 saturated heterocycles. The maximum atomic E-state index is 14.1. The molecule has 5 aromatic rings. The second kappa shape index (κ2) is 33.9. The molecule has 4 amide bonds. The van der Waals surface area contributed by atoms with Crippen LogP contribution in [0, 0.1) is 18.3 Å². The summed E-state index contributed by atoms with van der Waals surface area (Å²) in [6.07, 6.45) is 4.10. The maximum Gasteiger partial charge on any atom is 0.246 e. The molecule has 0 radical (unpaired) electrons. The van der Waals surface area contributed by atoms with Crippen molar-refractivity contribution in [2.45, 2.75) is 136 Å². The average Bonchev–Trinajstić information content (AvgIpc) is 3.55. The predicted octanol–water partition coefficient (Wildman–Crippen LogP) is 9.25. The van der Waals surface area contributed by atoms with E-state index in [2.05, 4.69) is 62.5 Å². The molecule has 490 valence electrons. The van der Waals surface area contributed by atoms with Crippen LogP contribution in [-0.2, 0) is 44.5 Å². The molecule has 0 bridgehead atoms. The number of halogens is 1. The van der Waals surface area contributed by atoms with Crippen molar-refractivity contribution in [2.75, 3.05) is 110 Å². The summed E-state index contributed by atoms with van der Waals surface area (Å²) in [6, 6.07) is 25.9. The molecule has 3 heterocycles. The van der Waals surface area contributed by atoms with Gasteiger partial charge in [0.2, 0.25) is 23.6 Å². The van der Waals surface area contributed by atoms with Crippen LogP contribution in [0.5, 0.6) is 11.5 Å². The number of rotatable bonds is 33. The normalized spacial score (nSPS) is 19.2. The van der Waals surface area contributed by atoms with Gasteiger partial charge < -0.3 is 69.5 Å². The van der Waals surface area contributed by atoms with Crippen LogP contribution < -0.4 is 40.5 Å². The van der Waals surface area contributed by atoms with Crippen LogP contribution in [0.3, 0.4) is 0 Å². The Morgan fingerprint density at radius 1 is 0.811 bits per heavy atom. The van der Waals surface area contributed by atoms with E-state index in [1.165, 1.54) is 17.7 Å². The number of benzene rings is 4. The monoisotopic (exact) mass is 1280 g/mol. The lowest BCUT2D eigenvalue weighted by atomic mass is 9.85. The number of aliphatic hydroxyl groups is 1. The number of carbonyl (C=O) groups is 4. The third-order valence-corrected chi connectivity index (χ3v) is 18.0. The Labute approximate surface area is 541 Å². The molecule has 8 rings (SSSR count). The molecule has 1 saturated carbocycles. The summed E-state index contributed by atoms with van der Waals surface area (Å²) in [7, 11) is 3.78. The van der Waals surface area contributed by atoms with Gasteiger partial charge >= 0.3 is 0 Å². The largest absolute Gasteiger partial charge is 0.493 e. The van der Waals surface area contributed by atoms with Gasteiger partial charge in [-0.15, -0.1) is 11.3 Å². The zero-order valence-corrected chi connectivity index (χ0v) is 55.6. The lowest BCUT2D eigenvalue weighted by Gasteiger charge is -2.38. The van der Waals surface area contributed by atoms with E-state index < -0.39 is 29.5 Å². The lowest BCUT2D eigenvalue weighted by molar-refractivity contribution is -0.144. The minimum absolute atomic E-state index is 0.00717. The summed E-state index contributed by atoms with van der Waals surface area (Å²) in [6.45, 7) is 20.0. The standard InChI is InChI=1S/C69H95ClN8O11S/c1-45(2)89-61-41-58-52(38-60(61)84-9)39-63(81)78(64(58)50-16-18-53(70)19-17-50)56-24-22-55(23-25-56)76(8)42-48-10-20-54(21-11-48)72-28-27-71-29-31-86-33-35-88-37-36-87-34-32-85-30-26-62(80)75-65(69(5,6)7)68(83)77-43-57(79)40-59(77)66(82)74-47(4)49-12-14-51(15-13-49)67-73-46(3)44-90-67/h12-19,22-25,38,41,44-45,47-48,54,57,59,64-65,71-72,79H,10-11,20-21,26-37,39-40,42-43H2,1-9H3,(H,74,82)(H,75,80)/t47-,48-,54-,57+,59-,64-,65+/m0/s1. The molecule has 0 unspecified atom stereocenters. The van der Waals surface area contributed by atoms with Gasteiger partial charge in [-0.05, 0) is 135 Å². The number of hydrogen-bond donors (Lipinski definition) is 5. The Hall–Kier alpha value is -6.20. The molecule has 90 heavy (non-hydrogen) atoms. The molecular formula is C69H95ClN8O11S. The number of hydrogen-bond acceptors (Lipinski definition) is 16. The number of anilines is 2. The topological polar surface area (TPSA) is 215 Å². The Balaban J connectivity index is 0.628. The zero-order valence-electron chi connectivity index (χ0n) is 54.0. The van der Waals surface area contributed by atoms with Crippen LogP contribution >= 0.6 is 22.9 Å². The Morgan fingerprint density at radius 2 is 1.47 bits per heavy atom. The number of aryl methyl sites for hydroxylation is 1. The van der Waals surface area contributed by atoms with Crippen molar-refractivity contribution >= 4 is 57.9 Å². The van der Waals surface area contributed by atoms with Crippen LogP contribution in [0.15, 0.2) is 90.3 Å². The van der Waals surface area contributed by atoms with Gasteiger partial charge in [0.15, 0.2) is 11.5 Å². The fourth-order valence-corrected chi connectivity index (χ4v) is 12.9. The van der Waals surface area contributed by atoms with Crippen molar-refractivity contribution in [3.63, 3.8) is 0 Å². The van der Waals surface area contributed by atoms with Crippen molar-refractivity contribution in [3.05, 3.63) is 123 Å². The van der Waals surface area contributed by atoms with Crippen LogP contribution in [0.25, 0.3) is 10.6 Å². The summed E-state index contributed by atoms with van der Waals surface area (Å²) in [5.74, 6) is 0.747. The summed E-state index contributed by atoms with van der Waals surface area (Å²) in [4.78, 5) is 65.1. The van der Waals surface area contributed by atoms with E-state index in [4.69, 9.17) is 40.0 Å². The van der Waals surface area contributed by atoms with Crippen LogP contribution in [-0.4, -0.2) is 169 Å². The first kappa shape index (κ1) is 69.7. The van der Waals surface area contributed by atoms with Gasteiger partial charge in [-0.25, -0.2) is 4.98 Å². The molecule has 1 aliphatic carbocycles. The molecule has 3 aliphatic rings. The van der Waals surface area contributed by atoms with Crippen molar-refractivity contribution < 1.29 is 52.7 Å². The molecule has 5 atom stereocenters. The number of aromatic nitrogens is 1. The minimum atomic E-state index is -0.931. The second-order valence-corrected chi connectivity index (χ2v) is 26.5. The summed E-state index contributed by atoms with van der Waals surface area (Å²) < 4.78 is 34.6. The van der Waals surface area contributed by atoms with E-state index in [1.807, 2.05) is 119 Å². The first-order valence-corrected chi connectivity index (χ1v) is 33.1. The van der Waals surface area contributed by atoms with Crippen LogP contribution in [0.1, 0.15) is 120 Å². The van der Waals surface area contributed by atoms with Crippen molar-refractivity contribution in [3.8, 4) is 22.1 Å². The zero-order chi connectivity index (χ0) is 64.3. The van der Waals surface area contributed by atoms with Gasteiger partial charge in [-0.1, -0.05) is 68.8 Å². The molecule has 19 nitrogen and oxygen atoms in total. The number of fused-ring (bicyclic) bond motifs is 1. The molecule has 1 aromatic heterocycles. The molecule has 21 heteroatoms. The van der Waals surface area contributed by atoms with Gasteiger partial charge in [0.05, 0.1) is 90.7 Å². The third-order valence-electron chi connectivity index (χ3n) is 16.8. The van der Waals surface area contributed by atoms with E-state index in [0.717, 1.165) is 88.9 Å². The third kappa shape index (κ3) is 19.9. The van der Waals surface area contributed by atoms with E-state index in [-0.39, 0.29) is 68.3 Å². The highest BCUT2D eigenvalue weighted by Crippen LogP contribution is 2.44. The quantitative estimate of drug-likeness (QED) is 0.0248. The summed E-state index contributed by atoms with van der Waals surface area (Å²) >= 11 is 7.92. The highest BCUT2D eigenvalue weighted by Gasteiger charge is 2.45. The predicted molar refractivity (Wildman–Crippen MR) is 354 cm³/mol. The van der Waals surface area contributed by atoms with Gasteiger partial charge in [0.1, 0.15) is 17.1 Å². The highest BCUT2D eigenvalue weighted by molar-refractivity contribution is 7.13. The van der Waals surface area contributed by atoms with E-state index >= 15 is 0 Å². The molecule has 0 spiro atoms. The number of carbonyl (C=O) groups excluding carboxylic acids is 4. The number of amides is 4. The van der Waals surface area contributed by atoms with Gasteiger partial charge in [-0.3, -0.25) is 19.2 Å². The number of nitrogens with zero attached hydrogens (tertiary/aromatic N) is 4. The second-order valence-electron chi connectivity index (χ2n) is 25.2. The average molecular weight is 1280 g/mol. The van der Waals surface area contributed by atoms with Crippen molar-refractivity contribution in [2.24, 2.45) is 11.3 Å². The first-order valence-electron chi connectivity index (χ1n) is 31.9. The maximum absolute atomic E-state index is 14.1. The van der Waals surface area contributed by atoms with Crippen molar-refractivity contribution in [1.82, 2.24) is 31.2 Å². The molecule has 2 fully saturated rings. The Bertz CT molecular complexity index is 3080. The van der Waals surface area contributed by atoms with Gasteiger partial charge in [-0.2, -0.15) is 0 Å². The fourth-order valence-electron chi connectivity index (χ4n) is 11.9. The molecular weight excluding hydrogens is 1180 g/mol. The Kier molecular flexibility index (Phi) is 26.3. The highest BCUT2D eigenvalue weighted by atomic mass is 35.5. The van der Waals surface area contributed by atoms with E-state index in [9.17, 15) is 24.3 Å². The van der Waals surface area contributed by atoms with Gasteiger partial charge in [0.25, 0.3) is 0 Å². The molecule has 4 aromatic carbocycles. The number of methoxy groups -OCH3 is 1. The van der Waals surface area contributed by atoms with Crippen LogP contribution in [0.4, 0.5) is 11.4 Å². The number of nitrogens with one attached hydrogen (secondary N) is 4. The first-order chi connectivity index (χ1) is 43.3. The van der Waals surface area contributed by atoms with E-state index in [1.54, 1.807) is 18.4 Å². The number of β-amino-alcohol motifs (C(OH)–C–C–N with tert-alkyl or cyclic N) is 1. The van der Waals surface area contributed by atoms with Crippen LogP contribution in [0.2, 0.25) is 5.02 Å². The SMILES string of the molecule is COc1cc2c(cc1OC(C)C)[C@H](c1ccc(Cl)cc1)N(c1ccc(N(C)C[C@H]3CC[C@H](NCCNCCOCCOCCOCCOCCC(=O)N[C@H](C(=O)N4C[C@H](O)C[C@H]4C(=O)N[C@@H](C)c4ccc(-c5nc(C)cs5)cc4)C(C)(C)C)CC3)cc1)C(=O)C2. The van der Waals surface area contributed by atoms with Gasteiger partial charge in [0, 0.05) is 91.7 Å². The molecule has 2 aliphatic heterocycles. The number of likely N-dealkylation sites (tertiary alicyclic amines) is 1. The number of aliphatic hydroxyl groups excluding tert-OH is 1. The number of ether oxygens (including phenoxy) is 6. The Morgan fingerprint density at radius 3 is 2.09 bits per heavy atom. The smallest absolute Gasteiger partial charge is 0.246 e. The summed E-state index contributed by atoms with van der Waals surface area (Å²) in [5.41, 5.74) is 7.02. The number of thiazole rings is 1. The minimum Gasteiger partial charge on any atom is -0.493 e. The van der Waals surface area contributed by atoms with E-state index in [0.29, 0.717) is 74.7 Å².